The first-order chi connectivity index (χ1) is 9.08. The molecule has 2 aromatic rings. The summed E-state index contributed by atoms with van der Waals surface area (Å²) in [7, 11) is 0. The van der Waals surface area contributed by atoms with Crippen LogP contribution < -0.4 is 5.32 Å². The number of amides is 1. The van der Waals surface area contributed by atoms with Gasteiger partial charge in [-0.1, -0.05) is 23.7 Å². The molecule has 1 aromatic carbocycles. The van der Waals surface area contributed by atoms with Gasteiger partial charge in [-0.2, -0.15) is 0 Å². The zero-order chi connectivity index (χ0) is 13.2. The van der Waals surface area contributed by atoms with E-state index in [1.54, 1.807) is 0 Å². The molecule has 1 amide bonds. The summed E-state index contributed by atoms with van der Waals surface area (Å²) in [4.78, 5) is 15.6. The molecule has 3 aliphatic rings. The zero-order valence-corrected chi connectivity index (χ0v) is 11.5. The van der Waals surface area contributed by atoms with E-state index in [0.29, 0.717) is 10.7 Å². The summed E-state index contributed by atoms with van der Waals surface area (Å²) >= 11 is 6.16. The molecule has 3 saturated carbocycles. The largest absolute Gasteiger partial charge is 0.349 e. The fourth-order valence-corrected chi connectivity index (χ4v) is 3.70. The lowest BCUT2D eigenvalue weighted by molar-refractivity contribution is -0.0439. The van der Waals surface area contributed by atoms with Gasteiger partial charge >= 0.3 is 0 Å². The topological polar surface area (TPSA) is 44.9 Å². The van der Waals surface area contributed by atoms with Crippen molar-refractivity contribution < 1.29 is 4.79 Å². The van der Waals surface area contributed by atoms with Crippen molar-refractivity contribution in [3.8, 4) is 0 Å². The number of fused-ring (bicyclic) bond motifs is 1. The normalized spacial score (nSPS) is 27.8. The summed E-state index contributed by atoms with van der Waals surface area (Å²) < 4.78 is 0. The van der Waals surface area contributed by atoms with Gasteiger partial charge in [-0.3, -0.25) is 4.79 Å². The van der Waals surface area contributed by atoms with Gasteiger partial charge in [0.2, 0.25) is 0 Å². The van der Waals surface area contributed by atoms with Crippen LogP contribution in [0.2, 0.25) is 5.02 Å². The van der Waals surface area contributed by atoms with Crippen molar-refractivity contribution in [2.45, 2.75) is 31.7 Å². The molecule has 0 aliphatic heterocycles. The Morgan fingerprint density at radius 2 is 2.16 bits per heavy atom. The Kier molecular flexibility index (Phi) is 2.12. The number of para-hydroxylation sites is 1. The van der Waals surface area contributed by atoms with E-state index in [0.717, 1.165) is 41.6 Å². The van der Waals surface area contributed by atoms with E-state index in [-0.39, 0.29) is 11.4 Å². The fourth-order valence-electron chi connectivity index (χ4n) is 3.48. The second-order valence-electron chi connectivity index (χ2n) is 6.00. The van der Waals surface area contributed by atoms with Gasteiger partial charge in [-0.15, -0.1) is 0 Å². The zero-order valence-electron chi connectivity index (χ0n) is 10.7. The molecule has 0 spiro atoms. The number of benzene rings is 1. The molecule has 5 rings (SSSR count). The highest BCUT2D eigenvalue weighted by molar-refractivity contribution is 6.35. The van der Waals surface area contributed by atoms with Gasteiger partial charge < -0.3 is 10.3 Å². The molecule has 4 heteroatoms. The SMILES string of the molecule is Cc1c(C(=O)NC23CC(C2)C3)[nH]c2c(Cl)cccc12. The van der Waals surface area contributed by atoms with E-state index in [9.17, 15) is 4.79 Å². The first-order valence-corrected chi connectivity index (χ1v) is 7.05. The summed E-state index contributed by atoms with van der Waals surface area (Å²) in [6.45, 7) is 1.96. The Morgan fingerprint density at radius 1 is 1.42 bits per heavy atom. The number of aryl methyl sites for hydroxylation is 1. The van der Waals surface area contributed by atoms with Gasteiger partial charge in [0.05, 0.1) is 10.5 Å². The molecule has 2 bridgehead atoms. The highest BCUT2D eigenvalue weighted by Gasteiger charge is 2.57. The summed E-state index contributed by atoms with van der Waals surface area (Å²) in [6, 6.07) is 5.74. The predicted octanol–water partition coefficient (Wildman–Crippen LogP) is 3.41. The van der Waals surface area contributed by atoms with E-state index < -0.39 is 0 Å². The number of aromatic nitrogens is 1. The highest BCUT2D eigenvalue weighted by Crippen LogP contribution is 2.57. The molecular formula is C15H15ClN2O. The second-order valence-corrected chi connectivity index (χ2v) is 6.41. The van der Waals surface area contributed by atoms with Crippen LogP contribution in [0.5, 0.6) is 0 Å². The average molecular weight is 275 g/mol. The Bertz CT molecular complexity index is 686. The Labute approximate surface area is 116 Å². The maximum Gasteiger partial charge on any atom is 0.268 e. The maximum atomic E-state index is 12.4. The number of carbonyl (C=O) groups is 1. The van der Waals surface area contributed by atoms with Crippen LogP contribution in [0.25, 0.3) is 10.9 Å². The lowest BCUT2D eigenvalue weighted by Gasteiger charge is -2.61. The molecule has 0 saturated heterocycles. The van der Waals surface area contributed by atoms with Gasteiger partial charge in [0.1, 0.15) is 5.69 Å². The Hall–Kier alpha value is -1.48. The summed E-state index contributed by atoms with van der Waals surface area (Å²) in [5.41, 5.74) is 2.58. The number of hydrogen-bond acceptors (Lipinski definition) is 1. The quantitative estimate of drug-likeness (QED) is 0.866. The molecule has 0 unspecified atom stereocenters. The minimum atomic E-state index is 0.00270. The standard InChI is InChI=1S/C15H15ClN2O/c1-8-10-3-2-4-11(16)13(10)17-12(8)14(19)18-15-5-9(6-15)7-15/h2-4,9,17H,5-7H2,1H3,(H,18,19). The van der Waals surface area contributed by atoms with Crippen LogP contribution in [-0.2, 0) is 0 Å². The number of H-pyrrole nitrogens is 1. The number of aromatic amines is 1. The molecule has 0 radical (unpaired) electrons. The van der Waals surface area contributed by atoms with Gasteiger partial charge in [0, 0.05) is 10.9 Å². The van der Waals surface area contributed by atoms with Crippen LogP contribution >= 0.6 is 11.6 Å². The summed E-state index contributed by atoms with van der Waals surface area (Å²) in [6.07, 6.45) is 3.45. The minimum absolute atomic E-state index is 0.00270. The predicted molar refractivity (Wildman–Crippen MR) is 75.6 cm³/mol. The number of nitrogens with one attached hydrogen (secondary N) is 2. The Morgan fingerprint density at radius 3 is 2.74 bits per heavy atom. The molecule has 1 aromatic heterocycles. The van der Waals surface area contributed by atoms with Crippen LogP contribution in [-0.4, -0.2) is 16.4 Å². The lowest BCUT2D eigenvalue weighted by atomic mass is 9.50. The second kappa shape index (κ2) is 3.54. The van der Waals surface area contributed by atoms with E-state index in [2.05, 4.69) is 10.3 Å². The average Bonchev–Trinajstić information content (AvgIpc) is 2.62. The molecule has 3 aliphatic carbocycles. The fraction of sp³-hybridized carbons (Fsp3) is 0.400. The first kappa shape index (κ1) is 11.4. The van der Waals surface area contributed by atoms with Gasteiger partial charge in [0.15, 0.2) is 0 Å². The molecule has 3 nitrogen and oxygen atoms in total. The van der Waals surface area contributed by atoms with Crippen LogP contribution in [0, 0.1) is 12.8 Å². The third kappa shape index (κ3) is 1.48. The monoisotopic (exact) mass is 274 g/mol. The van der Waals surface area contributed by atoms with Gasteiger partial charge in [-0.05, 0) is 43.7 Å². The molecule has 1 heterocycles. The maximum absolute atomic E-state index is 12.4. The molecular weight excluding hydrogens is 260 g/mol. The third-order valence-corrected chi connectivity index (χ3v) is 5.00. The van der Waals surface area contributed by atoms with E-state index >= 15 is 0 Å². The van der Waals surface area contributed by atoms with Crippen molar-refractivity contribution in [2.24, 2.45) is 5.92 Å². The molecule has 0 atom stereocenters. The number of rotatable bonds is 2. The van der Waals surface area contributed by atoms with Crippen molar-refractivity contribution in [3.05, 3.63) is 34.5 Å². The van der Waals surface area contributed by atoms with Crippen molar-refractivity contribution >= 4 is 28.4 Å². The molecule has 3 fully saturated rings. The van der Waals surface area contributed by atoms with Gasteiger partial charge in [-0.25, -0.2) is 0 Å². The van der Waals surface area contributed by atoms with Crippen molar-refractivity contribution in [3.63, 3.8) is 0 Å². The lowest BCUT2D eigenvalue weighted by Crippen LogP contribution is -2.68. The Balaban J connectivity index is 1.72. The number of halogens is 1. The van der Waals surface area contributed by atoms with E-state index in [1.807, 2.05) is 25.1 Å². The van der Waals surface area contributed by atoms with Crippen LogP contribution in [0.4, 0.5) is 0 Å². The van der Waals surface area contributed by atoms with Crippen molar-refractivity contribution in [2.75, 3.05) is 0 Å². The number of hydrogen-bond donors (Lipinski definition) is 2. The summed E-state index contributed by atoms with van der Waals surface area (Å²) in [5.74, 6) is 0.862. The van der Waals surface area contributed by atoms with Crippen molar-refractivity contribution in [1.29, 1.82) is 0 Å². The molecule has 98 valence electrons. The molecule has 2 N–H and O–H groups in total. The molecule has 19 heavy (non-hydrogen) atoms. The van der Waals surface area contributed by atoms with Crippen LogP contribution in [0.3, 0.4) is 0 Å². The minimum Gasteiger partial charge on any atom is -0.349 e. The summed E-state index contributed by atoms with van der Waals surface area (Å²) in [5, 5.41) is 4.86. The third-order valence-electron chi connectivity index (χ3n) is 4.69. The van der Waals surface area contributed by atoms with E-state index in [1.165, 1.54) is 0 Å². The number of carbonyl (C=O) groups excluding carboxylic acids is 1. The van der Waals surface area contributed by atoms with Crippen LogP contribution in [0.15, 0.2) is 18.2 Å². The van der Waals surface area contributed by atoms with Crippen LogP contribution in [0.1, 0.15) is 35.3 Å². The van der Waals surface area contributed by atoms with Crippen molar-refractivity contribution in [1.82, 2.24) is 10.3 Å². The highest BCUT2D eigenvalue weighted by atomic mass is 35.5. The first-order valence-electron chi connectivity index (χ1n) is 6.67. The smallest absolute Gasteiger partial charge is 0.268 e. The van der Waals surface area contributed by atoms with Gasteiger partial charge in [0.25, 0.3) is 5.91 Å². The van der Waals surface area contributed by atoms with E-state index in [4.69, 9.17) is 11.6 Å².